The van der Waals surface area contributed by atoms with Crippen molar-refractivity contribution in [2.24, 2.45) is 5.92 Å². The molecule has 2 aromatic rings. The second-order valence-corrected chi connectivity index (χ2v) is 7.24. The van der Waals surface area contributed by atoms with E-state index in [-0.39, 0.29) is 17.9 Å². The molecular formula is C21H29N3O2. The summed E-state index contributed by atoms with van der Waals surface area (Å²) in [7, 11) is 0. The molecule has 0 aliphatic rings. The summed E-state index contributed by atoms with van der Waals surface area (Å²) < 4.78 is 0. The maximum Gasteiger partial charge on any atom is 0.224 e. The van der Waals surface area contributed by atoms with Gasteiger partial charge >= 0.3 is 0 Å². The van der Waals surface area contributed by atoms with E-state index in [4.69, 9.17) is 0 Å². The van der Waals surface area contributed by atoms with Gasteiger partial charge in [-0.05, 0) is 36.6 Å². The van der Waals surface area contributed by atoms with Crippen LogP contribution in [0.1, 0.15) is 45.6 Å². The molecule has 0 saturated heterocycles. The van der Waals surface area contributed by atoms with Gasteiger partial charge in [0.1, 0.15) is 0 Å². The maximum atomic E-state index is 12.2. The number of rotatable bonds is 9. The second-order valence-electron chi connectivity index (χ2n) is 7.24. The van der Waals surface area contributed by atoms with Crippen LogP contribution in [0.5, 0.6) is 0 Å². The molecule has 1 aromatic heterocycles. The Morgan fingerprint density at radius 2 is 1.81 bits per heavy atom. The highest BCUT2D eigenvalue weighted by Crippen LogP contribution is 2.17. The topological polar surface area (TPSA) is 71.1 Å². The zero-order valence-corrected chi connectivity index (χ0v) is 15.9. The zero-order chi connectivity index (χ0) is 18.9. The van der Waals surface area contributed by atoms with Crippen LogP contribution in [-0.2, 0) is 16.0 Å². The molecule has 0 aliphatic carbocycles. The lowest BCUT2D eigenvalue weighted by Crippen LogP contribution is -2.36. The lowest BCUT2D eigenvalue weighted by atomic mass is 10.1. The monoisotopic (exact) mass is 355 g/mol. The van der Waals surface area contributed by atoms with Gasteiger partial charge in [0.25, 0.3) is 0 Å². The minimum absolute atomic E-state index is 0.0264. The molecule has 5 heteroatoms. The first-order valence-corrected chi connectivity index (χ1v) is 9.33. The fourth-order valence-electron chi connectivity index (χ4n) is 2.82. The van der Waals surface area contributed by atoms with Crippen LogP contribution in [0.2, 0.25) is 0 Å². The Morgan fingerprint density at radius 1 is 1.04 bits per heavy atom. The number of hydrogen-bond donors (Lipinski definition) is 2. The molecule has 0 bridgehead atoms. The van der Waals surface area contributed by atoms with Gasteiger partial charge < -0.3 is 10.6 Å². The quantitative estimate of drug-likeness (QED) is 0.725. The van der Waals surface area contributed by atoms with E-state index >= 15 is 0 Å². The molecular weight excluding hydrogens is 326 g/mol. The second kappa shape index (κ2) is 9.90. The van der Waals surface area contributed by atoms with Crippen LogP contribution < -0.4 is 10.6 Å². The third-order valence-corrected chi connectivity index (χ3v) is 4.36. The average molecular weight is 355 g/mol. The average Bonchev–Trinajstić information content (AvgIpc) is 2.60. The van der Waals surface area contributed by atoms with Crippen LogP contribution in [-0.4, -0.2) is 29.4 Å². The predicted octanol–water partition coefficient (Wildman–Crippen LogP) is 3.22. The number of pyridine rings is 1. The van der Waals surface area contributed by atoms with Gasteiger partial charge in [-0.25, -0.2) is 0 Å². The first-order chi connectivity index (χ1) is 12.5. The predicted molar refractivity (Wildman–Crippen MR) is 105 cm³/mol. The highest BCUT2D eigenvalue weighted by molar-refractivity contribution is 5.89. The largest absolute Gasteiger partial charge is 0.356 e. The van der Waals surface area contributed by atoms with Gasteiger partial charge in [0.15, 0.2) is 0 Å². The molecule has 2 N–H and O–H groups in total. The summed E-state index contributed by atoms with van der Waals surface area (Å²) in [5, 5.41) is 8.01. The highest BCUT2D eigenvalue weighted by atomic mass is 16.2. The summed E-state index contributed by atoms with van der Waals surface area (Å²) in [6, 6.07) is 7.98. The van der Waals surface area contributed by atoms with E-state index in [0.29, 0.717) is 31.7 Å². The van der Waals surface area contributed by atoms with E-state index in [0.717, 1.165) is 22.8 Å². The van der Waals surface area contributed by atoms with Gasteiger partial charge in [-0.1, -0.05) is 38.1 Å². The normalized spacial score (nSPS) is 12.2. The number of hydrogen-bond acceptors (Lipinski definition) is 3. The molecule has 1 unspecified atom stereocenters. The molecule has 140 valence electrons. The summed E-state index contributed by atoms with van der Waals surface area (Å²) in [5.41, 5.74) is 0.927. The molecule has 1 heterocycles. The van der Waals surface area contributed by atoms with Crippen molar-refractivity contribution >= 4 is 22.6 Å². The summed E-state index contributed by atoms with van der Waals surface area (Å²) in [6.07, 6.45) is 6.03. The van der Waals surface area contributed by atoms with Crippen LogP contribution in [0.25, 0.3) is 10.8 Å². The van der Waals surface area contributed by atoms with Gasteiger partial charge in [0.05, 0.1) is 6.42 Å². The standard InChI is InChI=1S/C21H29N3O2/c1-15(2)8-9-20(25)24-16(3)10-11-23-21(26)12-18-14-22-13-17-6-4-5-7-19(17)18/h4-7,13-16H,8-12H2,1-3H3,(H,23,26)(H,24,25). The number of carbonyl (C=O) groups excluding carboxylic acids is 2. The number of fused-ring (bicyclic) bond motifs is 1. The Bertz CT molecular complexity index is 738. The number of nitrogens with one attached hydrogen (secondary N) is 2. The summed E-state index contributed by atoms with van der Waals surface area (Å²) in [4.78, 5) is 28.2. The molecule has 26 heavy (non-hydrogen) atoms. The zero-order valence-electron chi connectivity index (χ0n) is 15.9. The molecule has 2 amide bonds. The van der Waals surface area contributed by atoms with E-state index in [9.17, 15) is 9.59 Å². The van der Waals surface area contributed by atoms with Crippen molar-refractivity contribution in [1.82, 2.24) is 15.6 Å². The fourth-order valence-corrected chi connectivity index (χ4v) is 2.82. The Labute approximate surface area is 155 Å². The molecule has 1 atom stereocenters. The Kier molecular flexibility index (Phi) is 7.57. The smallest absolute Gasteiger partial charge is 0.224 e. The first-order valence-electron chi connectivity index (χ1n) is 9.33. The van der Waals surface area contributed by atoms with Gasteiger partial charge in [-0.15, -0.1) is 0 Å². The molecule has 0 fully saturated rings. The molecule has 0 spiro atoms. The minimum Gasteiger partial charge on any atom is -0.356 e. The first kappa shape index (κ1) is 19.9. The number of amides is 2. The number of benzene rings is 1. The molecule has 1 aromatic carbocycles. The summed E-state index contributed by atoms with van der Waals surface area (Å²) in [6.45, 7) is 6.73. The van der Waals surface area contributed by atoms with Gasteiger partial charge in [-0.3, -0.25) is 14.6 Å². The van der Waals surface area contributed by atoms with Crippen LogP contribution >= 0.6 is 0 Å². The van der Waals surface area contributed by atoms with Gasteiger partial charge in [0, 0.05) is 36.8 Å². The maximum absolute atomic E-state index is 12.2. The molecule has 5 nitrogen and oxygen atoms in total. The van der Waals surface area contributed by atoms with Crippen LogP contribution in [0.15, 0.2) is 36.7 Å². The summed E-state index contributed by atoms with van der Waals surface area (Å²) >= 11 is 0. The molecule has 0 saturated carbocycles. The lowest BCUT2D eigenvalue weighted by Gasteiger charge is -2.15. The van der Waals surface area contributed by atoms with Crippen LogP contribution in [0.4, 0.5) is 0 Å². The Balaban J connectivity index is 1.74. The third-order valence-electron chi connectivity index (χ3n) is 4.36. The fraction of sp³-hybridized carbons (Fsp3) is 0.476. The lowest BCUT2D eigenvalue weighted by molar-refractivity contribution is -0.122. The number of nitrogens with zero attached hydrogens (tertiary/aromatic N) is 1. The van der Waals surface area contributed by atoms with E-state index in [1.807, 2.05) is 31.2 Å². The minimum atomic E-state index is -0.0264. The molecule has 0 aliphatic heterocycles. The van der Waals surface area contributed by atoms with Gasteiger partial charge in [0.2, 0.25) is 11.8 Å². The van der Waals surface area contributed by atoms with Crippen molar-refractivity contribution in [2.75, 3.05) is 6.54 Å². The third kappa shape index (κ3) is 6.47. The Morgan fingerprint density at radius 3 is 2.58 bits per heavy atom. The van der Waals surface area contributed by atoms with Crippen molar-refractivity contribution in [2.45, 2.75) is 52.5 Å². The van der Waals surface area contributed by atoms with E-state index in [2.05, 4.69) is 29.5 Å². The SMILES string of the molecule is CC(C)CCC(=O)NC(C)CCNC(=O)Cc1cncc2ccccc12. The summed E-state index contributed by atoms with van der Waals surface area (Å²) in [5.74, 6) is 0.583. The highest BCUT2D eigenvalue weighted by Gasteiger charge is 2.10. The van der Waals surface area contributed by atoms with Gasteiger partial charge in [-0.2, -0.15) is 0 Å². The Hall–Kier alpha value is -2.43. The van der Waals surface area contributed by atoms with E-state index < -0.39 is 0 Å². The van der Waals surface area contributed by atoms with Crippen LogP contribution in [0.3, 0.4) is 0 Å². The van der Waals surface area contributed by atoms with Crippen LogP contribution in [0, 0.1) is 5.92 Å². The van der Waals surface area contributed by atoms with E-state index in [1.54, 1.807) is 12.4 Å². The molecule has 2 rings (SSSR count). The number of carbonyl (C=O) groups is 2. The van der Waals surface area contributed by atoms with Crippen molar-refractivity contribution in [1.29, 1.82) is 0 Å². The van der Waals surface area contributed by atoms with Crippen molar-refractivity contribution in [3.8, 4) is 0 Å². The molecule has 0 radical (unpaired) electrons. The van der Waals surface area contributed by atoms with Crippen molar-refractivity contribution in [3.63, 3.8) is 0 Å². The van der Waals surface area contributed by atoms with Crippen molar-refractivity contribution in [3.05, 3.63) is 42.2 Å². The van der Waals surface area contributed by atoms with Crippen molar-refractivity contribution < 1.29 is 9.59 Å². The van der Waals surface area contributed by atoms with E-state index in [1.165, 1.54) is 0 Å². The number of aromatic nitrogens is 1.